The number of rotatable bonds is 2. The number of fused-ring (bicyclic) bond motifs is 2. The fraction of sp³-hybridized carbons (Fsp3) is 0.526. The first kappa shape index (κ1) is 17.7. The predicted molar refractivity (Wildman–Crippen MR) is 104 cm³/mol. The molecule has 0 aromatic carbocycles. The van der Waals surface area contributed by atoms with Gasteiger partial charge in [0, 0.05) is 30.4 Å². The summed E-state index contributed by atoms with van der Waals surface area (Å²) in [4.78, 5) is 45.3. The van der Waals surface area contributed by atoms with E-state index >= 15 is 0 Å². The van der Waals surface area contributed by atoms with Gasteiger partial charge in [-0.2, -0.15) is 10.1 Å². The van der Waals surface area contributed by atoms with E-state index in [4.69, 9.17) is 0 Å². The Morgan fingerprint density at radius 3 is 2.79 bits per heavy atom. The second-order valence-corrected chi connectivity index (χ2v) is 8.62. The molecule has 28 heavy (non-hydrogen) atoms. The molecular formula is C19H21N5O3S. The number of thioether (sulfide) groups is 1. The van der Waals surface area contributed by atoms with Crippen LogP contribution in [0, 0.1) is 0 Å². The van der Waals surface area contributed by atoms with Crippen molar-refractivity contribution in [2.45, 2.75) is 49.8 Å². The normalized spacial score (nSPS) is 25.0. The highest BCUT2D eigenvalue weighted by molar-refractivity contribution is 8.04. The number of aliphatic imine (C=N–C) groups is 1. The lowest BCUT2D eigenvalue weighted by Gasteiger charge is -2.38. The number of hydrogen-bond acceptors (Lipinski definition) is 5. The van der Waals surface area contributed by atoms with Gasteiger partial charge in [0.1, 0.15) is 5.25 Å². The van der Waals surface area contributed by atoms with Crippen molar-refractivity contribution in [1.29, 1.82) is 0 Å². The number of carbonyl (C=O) groups is 3. The summed E-state index contributed by atoms with van der Waals surface area (Å²) in [6.07, 6.45) is 6.95. The van der Waals surface area contributed by atoms with E-state index in [2.05, 4.69) is 15.2 Å². The van der Waals surface area contributed by atoms with E-state index in [9.17, 15) is 14.4 Å². The van der Waals surface area contributed by atoms with Crippen molar-refractivity contribution >= 4 is 35.3 Å². The monoisotopic (exact) mass is 399 g/mol. The molecule has 1 fully saturated rings. The second kappa shape index (κ2) is 6.88. The van der Waals surface area contributed by atoms with Crippen molar-refractivity contribution in [1.82, 2.24) is 20.0 Å². The molecule has 1 aromatic rings. The summed E-state index contributed by atoms with van der Waals surface area (Å²) in [6.45, 7) is 1.02. The molecule has 4 heterocycles. The third-order valence-electron chi connectivity index (χ3n) is 5.99. The van der Waals surface area contributed by atoms with Gasteiger partial charge in [-0.1, -0.05) is 0 Å². The summed E-state index contributed by atoms with van der Waals surface area (Å²) >= 11 is 1.39. The first-order chi connectivity index (χ1) is 13.6. The van der Waals surface area contributed by atoms with E-state index in [-0.39, 0.29) is 17.9 Å². The number of nitrogens with one attached hydrogen (secondary N) is 1. The minimum atomic E-state index is -0.477. The van der Waals surface area contributed by atoms with Crippen LogP contribution in [-0.2, 0) is 17.6 Å². The maximum absolute atomic E-state index is 13.0. The zero-order valence-electron chi connectivity index (χ0n) is 15.4. The lowest BCUT2D eigenvalue weighted by atomic mass is 9.95. The summed E-state index contributed by atoms with van der Waals surface area (Å²) in [7, 11) is 0. The lowest BCUT2D eigenvalue weighted by Crippen LogP contribution is -2.55. The van der Waals surface area contributed by atoms with Crippen molar-refractivity contribution in [3.63, 3.8) is 0 Å². The lowest BCUT2D eigenvalue weighted by molar-refractivity contribution is -0.129. The van der Waals surface area contributed by atoms with Gasteiger partial charge < -0.3 is 4.90 Å². The second-order valence-electron chi connectivity index (χ2n) is 7.61. The first-order valence-electron chi connectivity index (χ1n) is 9.76. The molecule has 0 bridgehead atoms. The van der Waals surface area contributed by atoms with Crippen molar-refractivity contribution in [3.05, 3.63) is 28.4 Å². The Bertz CT molecular complexity index is 913. The first-order valence-corrected chi connectivity index (χ1v) is 10.7. The highest BCUT2D eigenvalue weighted by atomic mass is 32.2. The van der Waals surface area contributed by atoms with E-state index in [1.54, 1.807) is 11.0 Å². The quantitative estimate of drug-likeness (QED) is 0.819. The molecule has 5 rings (SSSR count). The Morgan fingerprint density at radius 2 is 1.96 bits per heavy atom. The summed E-state index contributed by atoms with van der Waals surface area (Å²) in [5.74, 6) is -0.235. The topological polar surface area (TPSA) is 98.7 Å². The van der Waals surface area contributed by atoms with Gasteiger partial charge in [-0.25, -0.2) is 4.79 Å². The number of aromatic nitrogens is 2. The molecule has 1 unspecified atom stereocenters. The van der Waals surface area contributed by atoms with Gasteiger partial charge in [0.05, 0.1) is 5.71 Å². The molecule has 1 N–H and O–H groups in total. The number of aryl methyl sites for hydroxylation is 1. The van der Waals surface area contributed by atoms with Crippen LogP contribution in [0.3, 0.4) is 0 Å². The van der Waals surface area contributed by atoms with Gasteiger partial charge in [-0.05, 0) is 50.0 Å². The van der Waals surface area contributed by atoms with E-state index in [0.717, 1.165) is 36.9 Å². The van der Waals surface area contributed by atoms with E-state index in [1.807, 2.05) is 5.41 Å². The van der Waals surface area contributed by atoms with Crippen LogP contribution in [-0.4, -0.2) is 67.9 Å². The van der Waals surface area contributed by atoms with Crippen molar-refractivity contribution < 1.29 is 14.4 Å². The number of allylic oxidation sites excluding steroid dienone is 1. The number of H-pyrrole nitrogens is 1. The number of carbonyl (C=O) groups excluding carboxylic acids is 3. The van der Waals surface area contributed by atoms with Crippen LogP contribution in [0.25, 0.3) is 0 Å². The van der Waals surface area contributed by atoms with Crippen LogP contribution in [0.1, 0.15) is 47.4 Å². The molecule has 8 nitrogen and oxygen atoms in total. The standard InChI is InChI=1S/C19H21N5O3S/c25-17(15-12-3-1-2-4-13(12)21-22-15)23-8-5-11(6-9-23)24-18(26)16-14(7-10-28-16)20-19(24)27/h7,10-11,16H,1-6,8-9H2,(H,21,22). The molecule has 146 valence electrons. The van der Waals surface area contributed by atoms with Gasteiger partial charge in [-0.3, -0.25) is 19.6 Å². The van der Waals surface area contributed by atoms with Gasteiger partial charge in [0.2, 0.25) is 0 Å². The van der Waals surface area contributed by atoms with E-state index in [1.165, 1.54) is 16.7 Å². The summed E-state index contributed by atoms with van der Waals surface area (Å²) in [5, 5.41) is 8.72. The van der Waals surface area contributed by atoms with Gasteiger partial charge in [-0.15, -0.1) is 11.8 Å². The SMILES string of the molecule is O=C(c1n[nH]c2c1CCCC2)N1CCC(N2C(=O)N=C3C=CSC3C2=O)CC1. The highest BCUT2D eigenvalue weighted by Crippen LogP contribution is 2.31. The number of aromatic amines is 1. The number of urea groups is 1. The largest absolute Gasteiger partial charge is 0.350 e. The summed E-state index contributed by atoms with van der Waals surface area (Å²) < 4.78 is 0. The van der Waals surface area contributed by atoms with Crippen LogP contribution in [0.15, 0.2) is 16.5 Å². The van der Waals surface area contributed by atoms with Crippen LogP contribution in [0.2, 0.25) is 0 Å². The van der Waals surface area contributed by atoms with Crippen LogP contribution in [0.4, 0.5) is 4.79 Å². The maximum Gasteiger partial charge on any atom is 0.350 e. The number of imide groups is 1. The number of hydrogen-bond donors (Lipinski definition) is 1. The van der Waals surface area contributed by atoms with Crippen LogP contribution >= 0.6 is 11.8 Å². The Hall–Kier alpha value is -2.42. The van der Waals surface area contributed by atoms with Crippen LogP contribution < -0.4 is 0 Å². The zero-order chi connectivity index (χ0) is 19.3. The third kappa shape index (κ3) is 2.80. The molecule has 4 amide bonds. The average molecular weight is 399 g/mol. The zero-order valence-corrected chi connectivity index (χ0v) is 16.2. The van der Waals surface area contributed by atoms with Gasteiger partial charge in [0.15, 0.2) is 5.69 Å². The van der Waals surface area contributed by atoms with Crippen molar-refractivity contribution in [2.75, 3.05) is 13.1 Å². The molecule has 4 aliphatic rings. The number of nitrogens with zero attached hydrogens (tertiary/aromatic N) is 4. The Balaban J connectivity index is 1.27. The molecule has 1 saturated heterocycles. The summed E-state index contributed by atoms with van der Waals surface area (Å²) in [5.41, 5.74) is 3.24. The number of amides is 4. The highest BCUT2D eigenvalue weighted by Gasteiger charge is 2.43. The average Bonchev–Trinajstić information content (AvgIpc) is 3.35. The maximum atomic E-state index is 13.0. The Labute approximate surface area is 166 Å². The number of piperidine rings is 1. The fourth-order valence-electron chi connectivity index (χ4n) is 4.48. The minimum absolute atomic E-state index is 0.0509. The molecule has 0 saturated carbocycles. The van der Waals surface area contributed by atoms with Crippen molar-refractivity contribution in [2.24, 2.45) is 4.99 Å². The molecule has 3 aliphatic heterocycles. The molecule has 1 aromatic heterocycles. The Kier molecular flexibility index (Phi) is 4.34. The third-order valence-corrected chi connectivity index (χ3v) is 7.00. The van der Waals surface area contributed by atoms with E-state index in [0.29, 0.717) is 37.3 Å². The van der Waals surface area contributed by atoms with E-state index < -0.39 is 11.3 Å². The predicted octanol–water partition coefficient (Wildman–Crippen LogP) is 1.93. The molecule has 1 aliphatic carbocycles. The van der Waals surface area contributed by atoms with Gasteiger partial charge in [0.25, 0.3) is 11.8 Å². The van der Waals surface area contributed by atoms with Crippen LogP contribution in [0.5, 0.6) is 0 Å². The molecule has 0 radical (unpaired) electrons. The van der Waals surface area contributed by atoms with Crippen molar-refractivity contribution in [3.8, 4) is 0 Å². The fourth-order valence-corrected chi connectivity index (χ4v) is 5.36. The molecular weight excluding hydrogens is 378 g/mol. The molecule has 0 spiro atoms. The number of likely N-dealkylation sites (tertiary alicyclic amines) is 1. The molecule has 1 atom stereocenters. The minimum Gasteiger partial charge on any atom is -0.337 e. The summed E-state index contributed by atoms with van der Waals surface area (Å²) in [6, 6.07) is -0.682. The molecule has 9 heteroatoms. The van der Waals surface area contributed by atoms with Gasteiger partial charge >= 0.3 is 6.03 Å². The Morgan fingerprint density at radius 1 is 1.18 bits per heavy atom. The smallest absolute Gasteiger partial charge is 0.337 e.